The van der Waals surface area contributed by atoms with Crippen LogP contribution in [0, 0.1) is 6.92 Å². The zero-order chi connectivity index (χ0) is 26.4. The predicted molar refractivity (Wildman–Crippen MR) is 159 cm³/mol. The minimum atomic E-state index is -1.07. The van der Waals surface area contributed by atoms with Gasteiger partial charge >= 0.3 is 0 Å². The predicted octanol–water partition coefficient (Wildman–Crippen LogP) is 7.84. The fourth-order valence-electron chi connectivity index (χ4n) is 4.75. The van der Waals surface area contributed by atoms with Crippen LogP contribution < -0.4 is 10.0 Å². The fraction of sp³-hybridized carbons (Fsp3) is 0.100. The van der Waals surface area contributed by atoms with E-state index in [1.165, 1.54) is 18.7 Å². The van der Waals surface area contributed by atoms with Gasteiger partial charge in [-0.05, 0) is 48.5 Å². The molecule has 4 aromatic carbocycles. The van der Waals surface area contributed by atoms with Crippen LogP contribution in [-0.2, 0) is 9.79 Å². The Morgan fingerprint density at radius 1 is 0.816 bits per heavy atom. The van der Waals surface area contributed by atoms with Crippen LogP contribution in [-0.4, -0.2) is 16.5 Å². The standard InChI is InChI=1S/C30H22Cl2N4OS/c1-19-25(31)17-18-26(27(19)32)36-30(38-29(34-36)20(2)37)24-16-10-9-15-23(24)28(21-11-5-3-6-12-21)33-35(30)22-13-7-4-8-14-22/h3-18H,1-2H3/t30-/m0/s1. The summed E-state index contributed by atoms with van der Waals surface area (Å²) in [5.74, 6) is -0.137. The van der Waals surface area contributed by atoms with Crippen molar-refractivity contribution >= 4 is 62.9 Å². The maximum atomic E-state index is 12.8. The third-order valence-electron chi connectivity index (χ3n) is 6.61. The minimum absolute atomic E-state index is 0.137. The highest BCUT2D eigenvalue weighted by Gasteiger charge is 2.56. The molecule has 5 nitrogen and oxygen atoms in total. The Hall–Kier alpha value is -3.58. The first-order chi connectivity index (χ1) is 18.4. The number of rotatable bonds is 4. The van der Waals surface area contributed by atoms with Gasteiger partial charge in [0.2, 0.25) is 4.99 Å². The number of ketones is 1. The van der Waals surface area contributed by atoms with Crippen LogP contribution in [0.1, 0.15) is 29.2 Å². The Kier molecular flexibility index (Phi) is 6.26. The van der Waals surface area contributed by atoms with Gasteiger partial charge in [0.15, 0.2) is 10.8 Å². The number of halogens is 2. The van der Waals surface area contributed by atoms with E-state index in [9.17, 15) is 4.79 Å². The first-order valence-corrected chi connectivity index (χ1v) is 13.6. The lowest BCUT2D eigenvalue weighted by molar-refractivity contribution is -0.110. The maximum absolute atomic E-state index is 12.8. The van der Waals surface area contributed by atoms with Crippen LogP contribution >= 0.6 is 35.0 Å². The third-order valence-corrected chi connectivity index (χ3v) is 8.91. The molecule has 6 rings (SSSR count). The van der Waals surface area contributed by atoms with E-state index >= 15 is 0 Å². The first-order valence-electron chi connectivity index (χ1n) is 12.0. The number of nitrogens with zero attached hydrogens (tertiary/aromatic N) is 4. The molecule has 2 heterocycles. The maximum Gasteiger partial charge on any atom is 0.234 e. The smallest absolute Gasteiger partial charge is 0.234 e. The van der Waals surface area contributed by atoms with E-state index in [4.69, 9.17) is 33.4 Å². The monoisotopic (exact) mass is 556 g/mol. The molecule has 38 heavy (non-hydrogen) atoms. The number of hydrogen-bond donors (Lipinski definition) is 0. The van der Waals surface area contributed by atoms with Gasteiger partial charge in [-0.2, -0.15) is 10.2 Å². The molecule has 0 aromatic heterocycles. The molecule has 2 aliphatic heterocycles. The van der Waals surface area contributed by atoms with Gasteiger partial charge in [0.05, 0.1) is 22.1 Å². The van der Waals surface area contributed by atoms with E-state index in [2.05, 4.69) is 12.1 Å². The van der Waals surface area contributed by atoms with Crippen molar-refractivity contribution in [3.05, 3.63) is 129 Å². The summed E-state index contributed by atoms with van der Waals surface area (Å²) in [5, 5.41) is 15.3. The molecule has 0 N–H and O–H groups in total. The largest absolute Gasteiger partial charge is 0.292 e. The Balaban J connectivity index is 1.69. The van der Waals surface area contributed by atoms with E-state index in [0.29, 0.717) is 20.8 Å². The Morgan fingerprint density at radius 3 is 2.18 bits per heavy atom. The normalized spacial score (nSPS) is 18.3. The second kappa shape index (κ2) is 9.62. The molecule has 0 fully saturated rings. The topological polar surface area (TPSA) is 48.3 Å². The van der Waals surface area contributed by atoms with Gasteiger partial charge in [0.1, 0.15) is 0 Å². The summed E-state index contributed by atoms with van der Waals surface area (Å²) in [4.78, 5) is 11.7. The summed E-state index contributed by atoms with van der Waals surface area (Å²) >= 11 is 14.7. The highest BCUT2D eigenvalue weighted by atomic mass is 35.5. The fourth-order valence-corrected chi connectivity index (χ4v) is 6.48. The van der Waals surface area contributed by atoms with Crippen molar-refractivity contribution in [2.75, 3.05) is 10.0 Å². The zero-order valence-corrected chi connectivity index (χ0v) is 22.9. The van der Waals surface area contributed by atoms with Crippen molar-refractivity contribution in [1.82, 2.24) is 0 Å². The van der Waals surface area contributed by atoms with Crippen LogP contribution in [0.3, 0.4) is 0 Å². The average Bonchev–Trinajstić information content (AvgIpc) is 3.34. The van der Waals surface area contributed by atoms with Crippen LogP contribution in [0.5, 0.6) is 0 Å². The summed E-state index contributed by atoms with van der Waals surface area (Å²) in [7, 11) is 0. The number of thioether (sulfide) groups is 1. The van der Waals surface area contributed by atoms with E-state index < -0.39 is 4.99 Å². The van der Waals surface area contributed by atoms with Gasteiger partial charge < -0.3 is 0 Å². The minimum Gasteiger partial charge on any atom is -0.292 e. The SMILES string of the molecule is CC(=O)C1=NN(c2ccc(Cl)c(C)c2Cl)[C@]2(S1)c1ccccc1C(c1ccccc1)=NN2c1ccccc1. The molecule has 0 bridgehead atoms. The second-order valence-electron chi connectivity index (χ2n) is 9.00. The van der Waals surface area contributed by atoms with E-state index in [0.717, 1.165) is 33.7 Å². The number of hydrazone groups is 2. The van der Waals surface area contributed by atoms with Crippen molar-refractivity contribution < 1.29 is 4.79 Å². The summed E-state index contributed by atoms with van der Waals surface area (Å²) in [6, 6.07) is 31.8. The first kappa shape index (κ1) is 24.7. The summed E-state index contributed by atoms with van der Waals surface area (Å²) in [6.07, 6.45) is 0. The highest BCUT2D eigenvalue weighted by molar-refractivity contribution is 8.17. The molecule has 0 unspecified atom stereocenters. The summed E-state index contributed by atoms with van der Waals surface area (Å²) in [5.41, 5.74) is 5.91. The van der Waals surface area contributed by atoms with Gasteiger partial charge in [-0.1, -0.05) is 96.0 Å². The quantitative estimate of drug-likeness (QED) is 0.257. The van der Waals surface area contributed by atoms with Gasteiger partial charge in [0.25, 0.3) is 0 Å². The van der Waals surface area contributed by atoms with Gasteiger partial charge in [-0.3, -0.25) is 4.79 Å². The van der Waals surface area contributed by atoms with Gasteiger partial charge in [-0.15, -0.1) is 0 Å². The molecule has 2 aliphatic rings. The molecule has 0 saturated carbocycles. The molecule has 0 amide bonds. The summed E-state index contributed by atoms with van der Waals surface area (Å²) < 4.78 is 0. The number of carbonyl (C=O) groups excluding carboxylic acids is 1. The molecule has 8 heteroatoms. The van der Waals surface area contributed by atoms with Crippen LogP contribution in [0.15, 0.2) is 107 Å². The highest BCUT2D eigenvalue weighted by Crippen LogP contribution is 2.56. The molecule has 1 atom stereocenters. The van der Waals surface area contributed by atoms with Crippen molar-refractivity contribution in [3.63, 3.8) is 0 Å². The van der Waals surface area contributed by atoms with Crippen molar-refractivity contribution in [2.45, 2.75) is 18.8 Å². The van der Waals surface area contributed by atoms with E-state index in [1.54, 1.807) is 6.07 Å². The van der Waals surface area contributed by atoms with Crippen molar-refractivity contribution in [1.29, 1.82) is 0 Å². The van der Waals surface area contributed by atoms with Crippen molar-refractivity contribution in [3.8, 4) is 0 Å². The molecule has 188 valence electrons. The van der Waals surface area contributed by atoms with Crippen LogP contribution in [0.25, 0.3) is 0 Å². The van der Waals surface area contributed by atoms with E-state index in [1.807, 2.05) is 95.8 Å². The Bertz CT molecular complexity index is 1620. The molecule has 0 aliphatic carbocycles. The third kappa shape index (κ3) is 3.83. The number of benzene rings is 4. The Morgan fingerprint density at radius 2 is 1.47 bits per heavy atom. The average molecular weight is 558 g/mol. The molecular weight excluding hydrogens is 535 g/mol. The lowest BCUT2D eigenvalue weighted by Crippen LogP contribution is -2.54. The van der Waals surface area contributed by atoms with Crippen molar-refractivity contribution in [2.24, 2.45) is 10.2 Å². The van der Waals surface area contributed by atoms with Crippen LogP contribution in [0.2, 0.25) is 10.0 Å². The molecule has 0 saturated heterocycles. The van der Waals surface area contributed by atoms with E-state index in [-0.39, 0.29) is 5.78 Å². The number of carbonyl (C=O) groups is 1. The second-order valence-corrected chi connectivity index (χ2v) is 10.9. The molecule has 4 aromatic rings. The lowest BCUT2D eigenvalue weighted by atomic mass is 9.93. The molecule has 0 radical (unpaired) electrons. The zero-order valence-electron chi connectivity index (χ0n) is 20.6. The molecule has 1 spiro atoms. The number of fused-ring (bicyclic) bond motifs is 2. The number of hydrogen-bond acceptors (Lipinski definition) is 6. The number of anilines is 2. The lowest BCUT2D eigenvalue weighted by Gasteiger charge is -2.47. The number of Topliss-reactive ketones (excluding diaryl/α,β-unsaturated/α-hetero) is 1. The summed E-state index contributed by atoms with van der Waals surface area (Å²) in [6.45, 7) is 3.40. The van der Waals surface area contributed by atoms with Gasteiger partial charge in [-0.25, -0.2) is 10.0 Å². The van der Waals surface area contributed by atoms with Gasteiger partial charge in [0, 0.05) is 28.6 Å². The Labute approximate surface area is 235 Å². The van der Waals surface area contributed by atoms with Crippen LogP contribution in [0.4, 0.5) is 11.4 Å². The number of para-hydroxylation sites is 1. The molecular formula is C30H22Cl2N4OS.